The molecule has 0 spiro atoms. The molecule has 0 bridgehead atoms. The Balaban J connectivity index is 1.64. The number of ether oxygens (including phenoxy) is 2. The van der Waals surface area contributed by atoms with Crippen LogP contribution in [0.15, 0.2) is 42.5 Å². The Labute approximate surface area is 127 Å². The molecule has 0 amide bonds. The summed E-state index contributed by atoms with van der Waals surface area (Å²) in [5, 5.41) is 4.77. The molecule has 0 saturated heterocycles. The fraction of sp³-hybridized carbons (Fsp3) is 0.444. The van der Waals surface area contributed by atoms with Crippen molar-refractivity contribution in [1.82, 2.24) is 0 Å². The van der Waals surface area contributed by atoms with Crippen LogP contribution in [-0.4, -0.2) is 32.4 Å². The summed E-state index contributed by atoms with van der Waals surface area (Å²) in [7, 11) is 0. The Kier molecular flexibility index (Phi) is 6.51. The highest BCUT2D eigenvalue weighted by atomic mass is 16.5. The fourth-order valence-corrected chi connectivity index (χ4v) is 2.18. The van der Waals surface area contributed by atoms with Crippen molar-refractivity contribution < 1.29 is 14.8 Å². The second-order valence-electron chi connectivity index (χ2n) is 5.38. The van der Waals surface area contributed by atoms with Gasteiger partial charge in [-0.25, -0.2) is 0 Å². The average Bonchev–Trinajstić information content (AvgIpc) is 2.53. The van der Waals surface area contributed by atoms with Crippen molar-refractivity contribution in [2.45, 2.75) is 26.3 Å². The summed E-state index contributed by atoms with van der Waals surface area (Å²) < 4.78 is 11.3. The van der Waals surface area contributed by atoms with Crippen LogP contribution in [-0.2, 0) is 4.74 Å². The second kappa shape index (κ2) is 8.65. The Morgan fingerprint density at radius 1 is 1.00 bits per heavy atom. The van der Waals surface area contributed by atoms with Crippen LogP contribution >= 0.6 is 0 Å². The Morgan fingerprint density at radius 2 is 1.81 bits per heavy atom. The molecule has 3 heteroatoms. The van der Waals surface area contributed by atoms with Gasteiger partial charge >= 0.3 is 0 Å². The Bertz CT molecular complexity index is 541. The minimum atomic E-state index is 0.599. The lowest BCUT2D eigenvalue weighted by molar-refractivity contribution is -0.687. The third kappa shape index (κ3) is 5.37. The highest BCUT2D eigenvalue weighted by molar-refractivity contribution is 5.83. The number of benzene rings is 2. The monoisotopic (exact) mass is 288 g/mol. The maximum Gasteiger partial charge on any atom is 0.120 e. The summed E-state index contributed by atoms with van der Waals surface area (Å²) in [5.41, 5.74) is 0. The minimum Gasteiger partial charge on any atom is -0.491 e. The van der Waals surface area contributed by atoms with Crippen LogP contribution in [0.2, 0.25) is 0 Å². The van der Waals surface area contributed by atoms with Gasteiger partial charge in [0, 0.05) is 0 Å². The first kappa shape index (κ1) is 15.8. The molecule has 0 fully saturated rings. The van der Waals surface area contributed by atoms with Crippen LogP contribution in [0.4, 0.5) is 0 Å². The molecule has 21 heavy (non-hydrogen) atoms. The van der Waals surface area contributed by atoms with Gasteiger partial charge in [0.05, 0.1) is 25.8 Å². The van der Waals surface area contributed by atoms with Crippen LogP contribution in [0.5, 0.6) is 5.75 Å². The van der Waals surface area contributed by atoms with Gasteiger partial charge in [0.2, 0.25) is 0 Å². The molecule has 2 rings (SSSR count). The highest BCUT2D eigenvalue weighted by Gasteiger charge is 2.00. The lowest BCUT2D eigenvalue weighted by Gasteiger charge is -2.09. The predicted octanol–water partition coefficient (Wildman–Crippen LogP) is 2.60. The van der Waals surface area contributed by atoms with Crippen LogP contribution in [0.1, 0.15) is 20.3 Å². The number of hydrogen-bond acceptors (Lipinski definition) is 2. The molecule has 0 aromatic heterocycles. The summed E-state index contributed by atoms with van der Waals surface area (Å²) in [5.74, 6) is 0.906. The third-order valence-electron chi connectivity index (χ3n) is 3.69. The normalized spacial score (nSPS) is 12.5. The zero-order valence-corrected chi connectivity index (χ0v) is 13.0. The van der Waals surface area contributed by atoms with Gasteiger partial charge < -0.3 is 14.8 Å². The van der Waals surface area contributed by atoms with Crippen molar-refractivity contribution in [3.8, 4) is 5.75 Å². The standard InChI is InChI=1S/C18H25NO2/c1-3-15(2)19-10-11-20-12-13-21-18-9-8-16-6-4-5-7-17(16)14-18/h4-9,14-15,19H,3,10-13H2,1-2H3/p+1/t15-/m0/s1. The maximum atomic E-state index is 5.73. The lowest BCUT2D eigenvalue weighted by atomic mass is 10.1. The van der Waals surface area contributed by atoms with E-state index in [1.807, 2.05) is 18.2 Å². The maximum absolute atomic E-state index is 5.73. The van der Waals surface area contributed by atoms with E-state index >= 15 is 0 Å². The SMILES string of the molecule is CC[C@H](C)[NH2+]CCOCCOc1ccc2ccccc2c1. The number of rotatable bonds is 9. The van der Waals surface area contributed by atoms with E-state index in [1.165, 1.54) is 17.2 Å². The van der Waals surface area contributed by atoms with Crippen molar-refractivity contribution in [2.24, 2.45) is 0 Å². The first-order valence-electron chi connectivity index (χ1n) is 7.82. The van der Waals surface area contributed by atoms with E-state index < -0.39 is 0 Å². The summed E-state index contributed by atoms with van der Waals surface area (Å²) in [6.45, 7) is 7.49. The van der Waals surface area contributed by atoms with Crippen LogP contribution in [0, 0.1) is 0 Å². The molecule has 114 valence electrons. The quantitative estimate of drug-likeness (QED) is 0.720. The van der Waals surface area contributed by atoms with Gasteiger partial charge in [-0.3, -0.25) is 0 Å². The van der Waals surface area contributed by atoms with Crippen molar-refractivity contribution in [2.75, 3.05) is 26.4 Å². The molecule has 2 aromatic carbocycles. The molecular weight excluding hydrogens is 262 g/mol. The molecule has 0 saturated carbocycles. The highest BCUT2D eigenvalue weighted by Crippen LogP contribution is 2.20. The molecule has 2 aromatic rings. The zero-order chi connectivity index (χ0) is 14.9. The number of nitrogens with two attached hydrogens (primary N) is 1. The molecular formula is C18H26NO2+. The van der Waals surface area contributed by atoms with Gasteiger partial charge in [0.1, 0.15) is 12.4 Å². The van der Waals surface area contributed by atoms with Gasteiger partial charge in [-0.2, -0.15) is 0 Å². The van der Waals surface area contributed by atoms with Crippen LogP contribution in [0.3, 0.4) is 0 Å². The molecule has 0 unspecified atom stereocenters. The van der Waals surface area contributed by atoms with Gasteiger partial charge in [-0.1, -0.05) is 37.3 Å². The van der Waals surface area contributed by atoms with E-state index in [-0.39, 0.29) is 0 Å². The van der Waals surface area contributed by atoms with E-state index in [0.29, 0.717) is 19.3 Å². The molecule has 2 N–H and O–H groups in total. The van der Waals surface area contributed by atoms with Gasteiger partial charge in [0.25, 0.3) is 0 Å². The van der Waals surface area contributed by atoms with Crippen molar-refractivity contribution in [3.05, 3.63) is 42.5 Å². The summed E-state index contributed by atoms with van der Waals surface area (Å²) in [6, 6.07) is 15.2. The number of fused-ring (bicyclic) bond motifs is 1. The molecule has 0 aliphatic carbocycles. The van der Waals surface area contributed by atoms with Crippen molar-refractivity contribution in [3.63, 3.8) is 0 Å². The molecule has 1 atom stereocenters. The van der Waals surface area contributed by atoms with E-state index in [0.717, 1.165) is 18.9 Å². The van der Waals surface area contributed by atoms with Gasteiger partial charge in [0.15, 0.2) is 0 Å². The average molecular weight is 288 g/mol. The van der Waals surface area contributed by atoms with Crippen molar-refractivity contribution in [1.29, 1.82) is 0 Å². The van der Waals surface area contributed by atoms with Crippen LogP contribution < -0.4 is 10.1 Å². The van der Waals surface area contributed by atoms with E-state index in [9.17, 15) is 0 Å². The first-order valence-corrected chi connectivity index (χ1v) is 7.82. The predicted molar refractivity (Wildman–Crippen MR) is 86.8 cm³/mol. The smallest absolute Gasteiger partial charge is 0.120 e. The fourth-order valence-electron chi connectivity index (χ4n) is 2.18. The lowest BCUT2D eigenvalue weighted by Crippen LogP contribution is -2.90. The number of hydrogen-bond donors (Lipinski definition) is 1. The molecule has 0 aliphatic heterocycles. The Hall–Kier alpha value is -1.58. The van der Waals surface area contributed by atoms with Gasteiger partial charge in [-0.15, -0.1) is 0 Å². The van der Waals surface area contributed by atoms with E-state index in [1.54, 1.807) is 0 Å². The summed E-state index contributed by atoms with van der Waals surface area (Å²) >= 11 is 0. The van der Waals surface area contributed by atoms with Crippen molar-refractivity contribution >= 4 is 10.8 Å². The third-order valence-corrected chi connectivity index (χ3v) is 3.69. The first-order chi connectivity index (χ1) is 10.3. The number of quaternary nitrogens is 1. The summed E-state index contributed by atoms with van der Waals surface area (Å²) in [6.07, 6.45) is 1.20. The summed E-state index contributed by atoms with van der Waals surface area (Å²) in [4.78, 5) is 0. The Morgan fingerprint density at radius 3 is 2.62 bits per heavy atom. The molecule has 0 radical (unpaired) electrons. The molecule has 3 nitrogen and oxygen atoms in total. The van der Waals surface area contributed by atoms with E-state index in [2.05, 4.69) is 43.4 Å². The zero-order valence-electron chi connectivity index (χ0n) is 13.0. The molecule has 0 heterocycles. The minimum absolute atomic E-state index is 0.599. The van der Waals surface area contributed by atoms with E-state index in [4.69, 9.17) is 9.47 Å². The van der Waals surface area contributed by atoms with Gasteiger partial charge in [-0.05, 0) is 36.2 Å². The topological polar surface area (TPSA) is 35.1 Å². The second-order valence-corrected chi connectivity index (χ2v) is 5.38. The van der Waals surface area contributed by atoms with Crippen LogP contribution in [0.25, 0.3) is 10.8 Å². The molecule has 0 aliphatic rings. The largest absolute Gasteiger partial charge is 0.491 e.